The fourth-order valence-electron chi connectivity index (χ4n) is 0.324. The van der Waals surface area contributed by atoms with E-state index >= 15 is 0 Å². The Bertz CT molecular complexity index is 84.5. The Morgan fingerprint density at radius 1 is 1.75 bits per heavy atom. The SMILES string of the molecule is CCN(C)CC(=O)Cl. The number of nitrogens with zero attached hydrogens (tertiary/aromatic N) is 1. The summed E-state index contributed by atoms with van der Waals surface area (Å²) in [4.78, 5) is 12.0. The molecule has 0 spiro atoms. The van der Waals surface area contributed by atoms with E-state index in [1.807, 2.05) is 18.9 Å². The number of likely N-dealkylation sites (N-methyl/N-ethyl adjacent to an activating group) is 1. The van der Waals surface area contributed by atoms with Crippen LogP contribution >= 0.6 is 11.6 Å². The third-order valence-corrected chi connectivity index (χ3v) is 1.05. The van der Waals surface area contributed by atoms with Crippen LogP contribution in [0.3, 0.4) is 0 Å². The van der Waals surface area contributed by atoms with Crippen LogP contribution in [0.1, 0.15) is 6.92 Å². The standard InChI is InChI=1S/C5H10ClNO/c1-3-7(2)4-5(6)8/h3-4H2,1-2H3. The molecule has 0 unspecified atom stereocenters. The average molecular weight is 136 g/mol. The maximum absolute atomic E-state index is 10.1. The van der Waals surface area contributed by atoms with Gasteiger partial charge in [0.25, 0.3) is 0 Å². The second-order valence-electron chi connectivity index (χ2n) is 1.69. The molecule has 0 fully saturated rings. The molecule has 0 N–H and O–H groups in total. The number of carbonyl (C=O) groups excluding carboxylic acids is 1. The normalized spacial score (nSPS) is 10.0. The van der Waals surface area contributed by atoms with Gasteiger partial charge in [0.2, 0.25) is 5.24 Å². The maximum atomic E-state index is 10.1. The van der Waals surface area contributed by atoms with E-state index in [1.54, 1.807) is 0 Å². The van der Waals surface area contributed by atoms with Crippen LogP contribution in [0.15, 0.2) is 0 Å². The fraction of sp³-hybridized carbons (Fsp3) is 0.800. The van der Waals surface area contributed by atoms with Crippen molar-refractivity contribution in [3.05, 3.63) is 0 Å². The van der Waals surface area contributed by atoms with Crippen molar-refractivity contribution in [3.63, 3.8) is 0 Å². The minimum Gasteiger partial charge on any atom is -0.298 e. The summed E-state index contributed by atoms with van der Waals surface area (Å²) in [5.41, 5.74) is 0. The highest BCUT2D eigenvalue weighted by molar-refractivity contribution is 6.64. The van der Waals surface area contributed by atoms with Gasteiger partial charge in [0.1, 0.15) is 0 Å². The van der Waals surface area contributed by atoms with Gasteiger partial charge < -0.3 is 0 Å². The van der Waals surface area contributed by atoms with Crippen molar-refractivity contribution < 1.29 is 4.79 Å². The molecule has 0 saturated carbocycles. The zero-order valence-corrected chi connectivity index (χ0v) is 5.90. The Morgan fingerprint density at radius 3 is 2.38 bits per heavy atom. The summed E-state index contributed by atoms with van der Waals surface area (Å²) in [6.45, 7) is 3.18. The molecule has 0 aliphatic heterocycles. The van der Waals surface area contributed by atoms with E-state index in [0.717, 1.165) is 6.54 Å². The minimum atomic E-state index is -0.297. The number of hydrogen-bond acceptors (Lipinski definition) is 2. The van der Waals surface area contributed by atoms with Crippen LogP contribution in [0.2, 0.25) is 0 Å². The Kier molecular flexibility index (Phi) is 3.83. The highest BCUT2D eigenvalue weighted by atomic mass is 35.5. The molecule has 0 atom stereocenters. The number of halogens is 1. The Labute approximate surface area is 54.4 Å². The molecule has 3 heteroatoms. The first-order valence-electron chi connectivity index (χ1n) is 2.53. The number of hydrogen-bond donors (Lipinski definition) is 0. The predicted molar refractivity (Wildman–Crippen MR) is 34.0 cm³/mol. The predicted octanol–water partition coefficient (Wildman–Crippen LogP) is 0.703. The van der Waals surface area contributed by atoms with Crippen molar-refractivity contribution in [2.45, 2.75) is 6.92 Å². The van der Waals surface area contributed by atoms with Crippen molar-refractivity contribution in [1.82, 2.24) is 4.90 Å². The van der Waals surface area contributed by atoms with Gasteiger partial charge in [-0.05, 0) is 25.2 Å². The monoisotopic (exact) mass is 135 g/mol. The molecule has 0 bridgehead atoms. The zero-order valence-electron chi connectivity index (χ0n) is 5.15. The second kappa shape index (κ2) is 3.87. The number of rotatable bonds is 3. The van der Waals surface area contributed by atoms with E-state index in [9.17, 15) is 4.79 Å². The highest BCUT2D eigenvalue weighted by Crippen LogP contribution is 1.84. The van der Waals surface area contributed by atoms with Crippen LogP contribution in [0.25, 0.3) is 0 Å². The van der Waals surface area contributed by atoms with Crippen molar-refractivity contribution in [2.24, 2.45) is 0 Å². The van der Waals surface area contributed by atoms with Gasteiger partial charge in [-0.25, -0.2) is 0 Å². The molecule has 0 rings (SSSR count). The first kappa shape index (κ1) is 7.92. The summed E-state index contributed by atoms with van der Waals surface area (Å²) in [6, 6.07) is 0. The van der Waals surface area contributed by atoms with Crippen LogP contribution in [0.4, 0.5) is 0 Å². The van der Waals surface area contributed by atoms with Crippen molar-refractivity contribution >= 4 is 16.8 Å². The largest absolute Gasteiger partial charge is 0.298 e. The zero-order chi connectivity index (χ0) is 6.57. The Balaban J connectivity index is 3.24. The molecule has 0 aliphatic carbocycles. The summed E-state index contributed by atoms with van der Waals surface area (Å²) in [5.74, 6) is 0. The molecule has 0 aromatic heterocycles. The van der Waals surface area contributed by atoms with Crippen LogP contribution in [-0.2, 0) is 4.79 Å². The third kappa shape index (κ3) is 4.09. The molecular weight excluding hydrogens is 126 g/mol. The van der Waals surface area contributed by atoms with Gasteiger partial charge in [0, 0.05) is 0 Å². The second-order valence-corrected chi connectivity index (χ2v) is 2.11. The molecule has 0 heterocycles. The summed E-state index contributed by atoms with van der Waals surface area (Å²) in [7, 11) is 1.85. The van der Waals surface area contributed by atoms with E-state index in [-0.39, 0.29) is 5.24 Å². The lowest BCUT2D eigenvalue weighted by atomic mass is 10.6. The fourth-order valence-corrected chi connectivity index (χ4v) is 0.528. The van der Waals surface area contributed by atoms with Gasteiger partial charge in [-0.1, -0.05) is 6.92 Å². The quantitative estimate of drug-likeness (QED) is 0.531. The van der Waals surface area contributed by atoms with Gasteiger partial charge in [-0.3, -0.25) is 9.69 Å². The molecule has 0 radical (unpaired) electrons. The summed E-state index contributed by atoms with van der Waals surface area (Å²) >= 11 is 5.07. The molecule has 0 aromatic rings. The molecule has 8 heavy (non-hydrogen) atoms. The average Bonchev–Trinajstić information content (AvgIpc) is 1.65. The molecule has 0 saturated heterocycles. The van der Waals surface area contributed by atoms with Crippen molar-refractivity contribution in [1.29, 1.82) is 0 Å². The minimum absolute atomic E-state index is 0.297. The summed E-state index contributed by atoms with van der Waals surface area (Å²) < 4.78 is 0. The Hall–Kier alpha value is -0.0800. The van der Waals surface area contributed by atoms with Crippen LogP contribution in [0.5, 0.6) is 0 Å². The lowest BCUT2D eigenvalue weighted by Gasteiger charge is -2.08. The van der Waals surface area contributed by atoms with Crippen molar-refractivity contribution in [3.8, 4) is 0 Å². The molecule has 2 nitrogen and oxygen atoms in total. The van der Waals surface area contributed by atoms with Gasteiger partial charge in [-0.15, -0.1) is 0 Å². The van der Waals surface area contributed by atoms with Crippen LogP contribution < -0.4 is 0 Å². The molecule has 0 aliphatic rings. The highest BCUT2D eigenvalue weighted by Gasteiger charge is 1.98. The lowest BCUT2D eigenvalue weighted by molar-refractivity contribution is -0.112. The molecular formula is C5H10ClNO. The lowest BCUT2D eigenvalue weighted by Crippen LogP contribution is -2.22. The third-order valence-electron chi connectivity index (χ3n) is 0.934. The van der Waals surface area contributed by atoms with Gasteiger partial charge in [0.05, 0.1) is 6.54 Å². The number of carbonyl (C=O) groups is 1. The first-order valence-corrected chi connectivity index (χ1v) is 2.91. The topological polar surface area (TPSA) is 20.3 Å². The van der Waals surface area contributed by atoms with Gasteiger partial charge >= 0.3 is 0 Å². The molecule has 0 aromatic carbocycles. The summed E-state index contributed by atoms with van der Waals surface area (Å²) in [6.07, 6.45) is 0. The Morgan fingerprint density at radius 2 is 2.25 bits per heavy atom. The molecule has 0 amide bonds. The summed E-state index contributed by atoms with van der Waals surface area (Å²) in [5, 5.41) is -0.297. The van der Waals surface area contributed by atoms with Crippen LogP contribution in [-0.4, -0.2) is 30.3 Å². The molecule has 48 valence electrons. The van der Waals surface area contributed by atoms with Gasteiger partial charge in [0.15, 0.2) is 0 Å². The van der Waals surface area contributed by atoms with E-state index in [0.29, 0.717) is 6.54 Å². The van der Waals surface area contributed by atoms with E-state index < -0.39 is 0 Å². The smallest absolute Gasteiger partial charge is 0.235 e. The van der Waals surface area contributed by atoms with E-state index in [2.05, 4.69) is 0 Å². The van der Waals surface area contributed by atoms with Crippen LogP contribution in [0, 0.1) is 0 Å². The van der Waals surface area contributed by atoms with Gasteiger partial charge in [-0.2, -0.15) is 0 Å². The maximum Gasteiger partial charge on any atom is 0.235 e. The van der Waals surface area contributed by atoms with Crippen molar-refractivity contribution in [2.75, 3.05) is 20.1 Å². The first-order chi connectivity index (χ1) is 3.66. The van der Waals surface area contributed by atoms with E-state index in [1.165, 1.54) is 0 Å². The van der Waals surface area contributed by atoms with E-state index in [4.69, 9.17) is 11.6 Å².